The Balaban J connectivity index is 0.00000288. The van der Waals surface area contributed by atoms with Gasteiger partial charge in [-0.3, -0.25) is 4.57 Å². The lowest BCUT2D eigenvalue weighted by Gasteiger charge is -2.12. The molecule has 7 heteroatoms. The molecule has 0 aliphatic rings. The number of pyridine rings is 1. The summed E-state index contributed by atoms with van der Waals surface area (Å²) in [5, 5.41) is 6.63. The zero-order valence-corrected chi connectivity index (χ0v) is 16.9. The molecule has 2 rings (SSSR count). The van der Waals surface area contributed by atoms with E-state index in [0.717, 1.165) is 36.9 Å². The van der Waals surface area contributed by atoms with E-state index in [-0.39, 0.29) is 24.0 Å². The third-order valence-corrected chi connectivity index (χ3v) is 3.36. The van der Waals surface area contributed by atoms with Gasteiger partial charge < -0.3 is 10.6 Å². The Morgan fingerprint density at radius 3 is 2.71 bits per heavy atom. The summed E-state index contributed by atoms with van der Waals surface area (Å²) in [4.78, 5) is 13.1. The average Bonchev–Trinajstić information content (AvgIpc) is 3.07. The molecule has 0 aliphatic heterocycles. The molecule has 2 heterocycles. The van der Waals surface area contributed by atoms with Crippen LogP contribution < -0.4 is 10.6 Å². The van der Waals surface area contributed by atoms with Gasteiger partial charge in [0.2, 0.25) is 0 Å². The van der Waals surface area contributed by atoms with Crippen molar-refractivity contribution in [3.63, 3.8) is 0 Å². The van der Waals surface area contributed by atoms with Crippen molar-refractivity contribution in [2.45, 2.75) is 33.7 Å². The zero-order valence-electron chi connectivity index (χ0n) is 14.6. The molecule has 0 atom stereocenters. The van der Waals surface area contributed by atoms with Crippen LogP contribution in [0.5, 0.6) is 0 Å². The van der Waals surface area contributed by atoms with Crippen molar-refractivity contribution in [3.05, 3.63) is 42.6 Å². The van der Waals surface area contributed by atoms with E-state index >= 15 is 0 Å². The number of hydrogen-bond acceptors (Lipinski definition) is 3. The van der Waals surface area contributed by atoms with Crippen LogP contribution in [0.1, 0.15) is 32.8 Å². The molecule has 0 aliphatic carbocycles. The van der Waals surface area contributed by atoms with Gasteiger partial charge in [0, 0.05) is 31.7 Å². The zero-order chi connectivity index (χ0) is 16.5. The number of nitrogens with zero attached hydrogens (tertiary/aromatic N) is 4. The Morgan fingerprint density at radius 2 is 2.12 bits per heavy atom. The number of rotatable bonds is 7. The maximum absolute atomic E-state index is 4.61. The SMILES string of the molecule is CCNC(=NCc1ccc(-n2ccnc2)nc1)NCCC(C)C.I. The van der Waals surface area contributed by atoms with Gasteiger partial charge in [-0.1, -0.05) is 19.9 Å². The predicted octanol–water partition coefficient (Wildman–Crippen LogP) is 2.99. The summed E-state index contributed by atoms with van der Waals surface area (Å²) in [6.07, 6.45) is 8.34. The number of aromatic nitrogens is 3. The van der Waals surface area contributed by atoms with E-state index in [9.17, 15) is 0 Å². The molecule has 0 radical (unpaired) electrons. The maximum Gasteiger partial charge on any atom is 0.191 e. The van der Waals surface area contributed by atoms with Gasteiger partial charge >= 0.3 is 0 Å². The van der Waals surface area contributed by atoms with Gasteiger partial charge in [0.1, 0.15) is 12.1 Å². The number of hydrogen-bond donors (Lipinski definition) is 2. The lowest BCUT2D eigenvalue weighted by atomic mass is 10.1. The quantitative estimate of drug-likeness (QED) is 0.393. The molecule has 0 unspecified atom stereocenters. The second-order valence-corrected chi connectivity index (χ2v) is 5.80. The molecule has 0 fully saturated rings. The van der Waals surface area contributed by atoms with Crippen molar-refractivity contribution in [1.82, 2.24) is 25.2 Å². The number of aliphatic imine (C=N–C) groups is 1. The fraction of sp³-hybridized carbons (Fsp3) is 0.471. The third-order valence-electron chi connectivity index (χ3n) is 3.36. The molecule has 6 nitrogen and oxygen atoms in total. The standard InChI is InChI=1S/C17H26N6.HI/c1-4-19-17(20-8-7-14(2)3)22-12-15-5-6-16(21-11-15)23-10-9-18-13-23;/h5-6,9-11,13-14H,4,7-8,12H2,1-3H3,(H2,19,20,22);1H. The van der Waals surface area contributed by atoms with Gasteiger partial charge in [-0.2, -0.15) is 0 Å². The first-order valence-corrected chi connectivity index (χ1v) is 8.14. The molecule has 132 valence electrons. The van der Waals surface area contributed by atoms with Crippen molar-refractivity contribution in [1.29, 1.82) is 0 Å². The Hall–Kier alpha value is -1.64. The minimum atomic E-state index is 0. The van der Waals surface area contributed by atoms with Crippen molar-refractivity contribution in [2.75, 3.05) is 13.1 Å². The highest BCUT2D eigenvalue weighted by molar-refractivity contribution is 14.0. The molecule has 24 heavy (non-hydrogen) atoms. The van der Waals surface area contributed by atoms with E-state index < -0.39 is 0 Å². The van der Waals surface area contributed by atoms with Crippen molar-refractivity contribution >= 4 is 29.9 Å². The second-order valence-electron chi connectivity index (χ2n) is 5.80. The smallest absolute Gasteiger partial charge is 0.191 e. The second kappa shape index (κ2) is 11.0. The van der Waals surface area contributed by atoms with Gasteiger partial charge in [-0.15, -0.1) is 24.0 Å². The Labute approximate surface area is 161 Å². The summed E-state index contributed by atoms with van der Waals surface area (Å²) in [5.74, 6) is 2.40. The van der Waals surface area contributed by atoms with Gasteiger partial charge in [0.25, 0.3) is 0 Å². The summed E-state index contributed by atoms with van der Waals surface area (Å²) in [7, 11) is 0. The molecule has 0 amide bonds. The Bertz CT molecular complexity index is 592. The highest BCUT2D eigenvalue weighted by Gasteiger charge is 2.00. The molecule has 0 aromatic carbocycles. The first-order chi connectivity index (χ1) is 11.2. The lowest BCUT2D eigenvalue weighted by molar-refractivity contribution is 0.573. The van der Waals surface area contributed by atoms with Crippen molar-refractivity contribution in [3.8, 4) is 5.82 Å². The first kappa shape index (κ1) is 20.4. The molecular weight excluding hydrogens is 415 g/mol. The summed E-state index contributed by atoms with van der Waals surface area (Å²) in [5.41, 5.74) is 1.08. The molecule has 0 saturated heterocycles. The molecule has 2 aromatic heterocycles. The summed E-state index contributed by atoms with van der Waals surface area (Å²) < 4.78 is 1.88. The molecule has 2 N–H and O–H groups in total. The van der Waals surface area contributed by atoms with Gasteiger partial charge in [-0.25, -0.2) is 15.0 Å². The van der Waals surface area contributed by atoms with Crippen LogP contribution in [-0.2, 0) is 6.54 Å². The monoisotopic (exact) mass is 442 g/mol. The number of nitrogens with one attached hydrogen (secondary N) is 2. The molecule has 2 aromatic rings. The molecule has 0 bridgehead atoms. The predicted molar refractivity (Wildman–Crippen MR) is 109 cm³/mol. The van der Waals surface area contributed by atoms with E-state index in [4.69, 9.17) is 0 Å². The first-order valence-electron chi connectivity index (χ1n) is 8.14. The van der Waals surface area contributed by atoms with Crippen LogP contribution in [0.2, 0.25) is 0 Å². The van der Waals surface area contributed by atoms with E-state index in [1.807, 2.05) is 29.1 Å². The Kier molecular flexibility index (Phi) is 9.36. The fourth-order valence-corrected chi connectivity index (χ4v) is 2.05. The average molecular weight is 442 g/mol. The largest absolute Gasteiger partial charge is 0.357 e. The van der Waals surface area contributed by atoms with Crippen LogP contribution in [0.4, 0.5) is 0 Å². The minimum Gasteiger partial charge on any atom is -0.357 e. The lowest BCUT2D eigenvalue weighted by Crippen LogP contribution is -2.38. The van der Waals surface area contributed by atoms with Crippen LogP contribution in [0, 0.1) is 5.92 Å². The van der Waals surface area contributed by atoms with Crippen molar-refractivity contribution in [2.24, 2.45) is 10.9 Å². The third kappa shape index (κ3) is 6.86. The summed E-state index contributed by atoms with van der Waals surface area (Å²) in [6, 6.07) is 4.02. The topological polar surface area (TPSA) is 67.1 Å². The van der Waals surface area contributed by atoms with Gasteiger partial charge in [-0.05, 0) is 30.9 Å². The van der Waals surface area contributed by atoms with Crippen LogP contribution in [0.15, 0.2) is 42.0 Å². The van der Waals surface area contributed by atoms with E-state index in [0.29, 0.717) is 12.5 Å². The highest BCUT2D eigenvalue weighted by Crippen LogP contribution is 2.06. The number of guanidine groups is 1. The summed E-state index contributed by atoms with van der Waals surface area (Å²) in [6.45, 7) is 8.90. The summed E-state index contributed by atoms with van der Waals surface area (Å²) >= 11 is 0. The van der Waals surface area contributed by atoms with Crippen LogP contribution in [0.25, 0.3) is 5.82 Å². The van der Waals surface area contributed by atoms with E-state index in [1.165, 1.54) is 0 Å². The van der Waals surface area contributed by atoms with Crippen LogP contribution in [-0.4, -0.2) is 33.6 Å². The van der Waals surface area contributed by atoms with Crippen LogP contribution >= 0.6 is 24.0 Å². The van der Waals surface area contributed by atoms with Crippen molar-refractivity contribution < 1.29 is 0 Å². The Morgan fingerprint density at radius 1 is 1.29 bits per heavy atom. The van der Waals surface area contributed by atoms with Gasteiger partial charge in [0.05, 0.1) is 6.54 Å². The molecular formula is C17H27IN6. The molecule has 0 spiro atoms. The van der Waals surface area contributed by atoms with E-state index in [2.05, 4.69) is 46.4 Å². The fourth-order valence-electron chi connectivity index (χ4n) is 2.05. The van der Waals surface area contributed by atoms with Gasteiger partial charge in [0.15, 0.2) is 5.96 Å². The van der Waals surface area contributed by atoms with E-state index in [1.54, 1.807) is 12.5 Å². The minimum absolute atomic E-state index is 0. The number of imidazole rings is 1. The number of halogens is 1. The normalized spacial score (nSPS) is 11.2. The van der Waals surface area contributed by atoms with Crippen LogP contribution in [0.3, 0.4) is 0 Å². The maximum atomic E-state index is 4.61. The highest BCUT2D eigenvalue weighted by atomic mass is 127. The molecule has 0 saturated carbocycles.